The van der Waals surface area contributed by atoms with Gasteiger partial charge in [0.2, 0.25) is 5.88 Å². The van der Waals surface area contributed by atoms with E-state index >= 15 is 0 Å². The number of methoxy groups -OCH3 is 1. The molecule has 4 heterocycles. The van der Waals surface area contributed by atoms with E-state index in [1.807, 2.05) is 71.0 Å². The molecule has 1 saturated heterocycles. The Morgan fingerprint density at radius 1 is 1.07 bits per heavy atom. The maximum Gasteiger partial charge on any atom is 0.315 e. The normalized spacial score (nSPS) is 14.4. The Morgan fingerprint density at radius 2 is 1.86 bits per heavy atom. The third kappa shape index (κ3) is 6.49. The number of rotatable bonds is 8. The smallest absolute Gasteiger partial charge is 0.315 e. The molecule has 4 aromatic rings. The van der Waals surface area contributed by atoms with E-state index in [9.17, 15) is 4.79 Å². The van der Waals surface area contributed by atoms with E-state index in [1.165, 1.54) is 6.33 Å². The van der Waals surface area contributed by atoms with Gasteiger partial charge in [0.1, 0.15) is 23.7 Å². The number of ether oxygens (including phenoxy) is 1. The van der Waals surface area contributed by atoms with Crippen molar-refractivity contribution in [2.45, 2.75) is 46.1 Å². The summed E-state index contributed by atoms with van der Waals surface area (Å²) in [7, 11) is 1.63. The Morgan fingerprint density at radius 3 is 2.55 bits per heavy atom. The number of piperazine rings is 1. The fraction of sp³-hybridized carbons (Fsp3) is 0.400. The summed E-state index contributed by atoms with van der Waals surface area (Å²) < 4.78 is 10.8. The minimum Gasteiger partial charge on any atom is -0.479 e. The predicted octanol–water partition coefficient (Wildman–Crippen LogP) is 4.18. The van der Waals surface area contributed by atoms with E-state index in [1.54, 1.807) is 7.11 Å². The molecule has 1 aromatic carbocycles. The Kier molecular flexibility index (Phi) is 8.34. The van der Waals surface area contributed by atoms with Crippen LogP contribution in [0.25, 0.3) is 11.3 Å². The van der Waals surface area contributed by atoms with Crippen molar-refractivity contribution in [1.82, 2.24) is 35.7 Å². The van der Waals surface area contributed by atoms with Crippen molar-refractivity contribution in [3.8, 4) is 17.1 Å². The van der Waals surface area contributed by atoms with Gasteiger partial charge in [0.25, 0.3) is 0 Å². The molecule has 12 heteroatoms. The molecule has 3 aromatic heterocycles. The van der Waals surface area contributed by atoms with Gasteiger partial charge in [-0.3, -0.25) is 4.79 Å². The number of carbonyl (C=O) groups is 1. The molecule has 1 aliphatic rings. The lowest BCUT2D eigenvalue weighted by atomic mass is 9.96. The van der Waals surface area contributed by atoms with Crippen LogP contribution in [0.2, 0.25) is 0 Å². The molecule has 220 valence electrons. The summed E-state index contributed by atoms with van der Waals surface area (Å²) in [5.74, 6) is 1.83. The lowest BCUT2D eigenvalue weighted by molar-refractivity contribution is 0.0895. The van der Waals surface area contributed by atoms with Crippen molar-refractivity contribution in [1.29, 1.82) is 0 Å². The van der Waals surface area contributed by atoms with Gasteiger partial charge in [-0.15, -0.1) is 0 Å². The van der Waals surface area contributed by atoms with E-state index in [-0.39, 0.29) is 17.3 Å². The van der Waals surface area contributed by atoms with Crippen LogP contribution in [-0.2, 0) is 5.41 Å². The Labute approximate surface area is 245 Å². The molecule has 3 N–H and O–H groups in total. The predicted molar refractivity (Wildman–Crippen MR) is 160 cm³/mol. The van der Waals surface area contributed by atoms with Crippen LogP contribution >= 0.6 is 0 Å². The van der Waals surface area contributed by atoms with Crippen LogP contribution in [-0.4, -0.2) is 64.3 Å². The van der Waals surface area contributed by atoms with Gasteiger partial charge in [-0.2, -0.15) is 9.97 Å². The number of hydrogen-bond donors (Lipinski definition) is 3. The summed E-state index contributed by atoms with van der Waals surface area (Å²) in [5, 5.41) is 13.5. The number of carbonyl (C=O) groups excluding carboxylic acids is 1. The van der Waals surface area contributed by atoms with Gasteiger partial charge in [0.05, 0.1) is 18.8 Å². The van der Waals surface area contributed by atoms with Crippen LogP contribution in [0, 0.1) is 6.92 Å². The van der Waals surface area contributed by atoms with Crippen LogP contribution in [0.4, 0.5) is 17.3 Å². The largest absolute Gasteiger partial charge is 0.479 e. The minimum absolute atomic E-state index is 0.0485. The highest BCUT2D eigenvalue weighted by Gasteiger charge is 2.25. The molecule has 1 aliphatic heterocycles. The second-order valence-electron chi connectivity index (χ2n) is 11.3. The second-order valence-corrected chi connectivity index (χ2v) is 11.3. The fourth-order valence-corrected chi connectivity index (χ4v) is 4.79. The molecular formula is C30H37N9O3. The summed E-state index contributed by atoms with van der Waals surface area (Å²) in [6.45, 7) is 13.5. The molecule has 0 aliphatic carbocycles. The molecule has 1 amide bonds. The molecule has 5 rings (SSSR count). The first-order valence-electron chi connectivity index (χ1n) is 14.0. The molecule has 42 heavy (non-hydrogen) atoms. The van der Waals surface area contributed by atoms with Gasteiger partial charge < -0.3 is 30.1 Å². The lowest BCUT2D eigenvalue weighted by Gasteiger charge is -2.30. The van der Waals surface area contributed by atoms with Crippen LogP contribution in [0.5, 0.6) is 5.88 Å². The van der Waals surface area contributed by atoms with Crippen molar-refractivity contribution >= 4 is 23.2 Å². The van der Waals surface area contributed by atoms with E-state index in [4.69, 9.17) is 9.26 Å². The summed E-state index contributed by atoms with van der Waals surface area (Å²) in [6.07, 6.45) is 1.52. The average Bonchev–Trinajstić information content (AvgIpc) is 3.49. The van der Waals surface area contributed by atoms with Crippen molar-refractivity contribution in [3.05, 3.63) is 65.6 Å². The first-order valence-corrected chi connectivity index (χ1v) is 14.0. The quantitative estimate of drug-likeness (QED) is 0.280. The highest BCUT2D eigenvalue weighted by Crippen LogP contribution is 2.30. The van der Waals surface area contributed by atoms with E-state index in [0.717, 1.165) is 54.3 Å². The van der Waals surface area contributed by atoms with Gasteiger partial charge >= 0.3 is 11.8 Å². The molecule has 0 unspecified atom stereocenters. The number of pyridine rings is 1. The van der Waals surface area contributed by atoms with E-state index in [2.05, 4.69) is 45.9 Å². The van der Waals surface area contributed by atoms with Crippen molar-refractivity contribution in [2.24, 2.45) is 0 Å². The van der Waals surface area contributed by atoms with Crippen molar-refractivity contribution < 1.29 is 14.1 Å². The molecular weight excluding hydrogens is 534 g/mol. The van der Waals surface area contributed by atoms with Crippen LogP contribution in [0.1, 0.15) is 61.4 Å². The zero-order chi connectivity index (χ0) is 29.9. The third-order valence-electron chi connectivity index (χ3n) is 7.09. The third-order valence-corrected chi connectivity index (χ3v) is 7.09. The Hall–Kier alpha value is -4.58. The summed E-state index contributed by atoms with van der Waals surface area (Å²) in [6, 6.07) is 11.5. The van der Waals surface area contributed by atoms with E-state index < -0.39 is 5.91 Å². The minimum atomic E-state index is -0.410. The number of hydrogen-bond acceptors (Lipinski definition) is 11. The zero-order valence-corrected chi connectivity index (χ0v) is 24.9. The van der Waals surface area contributed by atoms with Gasteiger partial charge in [-0.1, -0.05) is 38.1 Å². The SMILES string of the molecule is COc1nc(Nc2cc(-c3ccc([C@@H](C)NC(=O)c4nc(C(C)(C)C)no4)c(C)c3)ncn2)ccc1N1CCNCC1. The van der Waals surface area contributed by atoms with Gasteiger partial charge in [-0.05, 0) is 43.2 Å². The highest BCUT2D eigenvalue weighted by molar-refractivity contribution is 5.89. The monoisotopic (exact) mass is 571 g/mol. The maximum absolute atomic E-state index is 12.7. The first-order chi connectivity index (χ1) is 20.1. The molecule has 1 atom stereocenters. The van der Waals surface area contributed by atoms with Crippen LogP contribution in [0.3, 0.4) is 0 Å². The van der Waals surface area contributed by atoms with E-state index in [0.29, 0.717) is 23.3 Å². The number of nitrogens with zero attached hydrogens (tertiary/aromatic N) is 6. The number of amides is 1. The maximum atomic E-state index is 12.7. The number of aromatic nitrogens is 5. The molecule has 0 bridgehead atoms. The Balaban J connectivity index is 1.28. The zero-order valence-electron chi connectivity index (χ0n) is 24.9. The first kappa shape index (κ1) is 28.9. The molecule has 1 fully saturated rings. The van der Waals surface area contributed by atoms with Gasteiger partial charge in [-0.25, -0.2) is 9.97 Å². The molecule has 0 saturated carbocycles. The van der Waals surface area contributed by atoms with Gasteiger partial charge in [0, 0.05) is 43.2 Å². The van der Waals surface area contributed by atoms with Crippen LogP contribution in [0.15, 0.2) is 47.2 Å². The number of aryl methyl sites for hydroxylation is 1. The number of nitrogens with one attached hydrogen (secondary N) is 3. The molecule has 12 nitrogen and oxygen atoms in total. The number of benzene rings is 1. The average molecular weight is 572 g/mol. The van der Waals surface area contributed by atoms with Crippen LogP contribution < -0.4 is 25.6 Å². The Bertz CT molecular complexity index is 1560. The van der Waals surface area contributed by atoms with Crippen molar-refractivity contribution in [3.63, 3.8) is 0 Å². The summed E-state index contributed by atoms with van der Waals surface area (Å²) in [5.41, 5.74) is 4.31. The van der Waals surface area contributed by atoms with Crippen molar-refractivity contribution in [2.75, 3.05) is 43.5 Å². The standard InChI is InChI=1S/C30H37N9O3/c1-18-15-20(7-8-21(18)19(2)34-26(40)28-37-29(38-42-28)30(3,4)5)22-16-25(33-17-32-22)35-24-10-9-23(27(36-24)41-6)39-13-11-31-12-14-39/h7-10,15-17,19,31H,11-14H2,1-6H3,(H,34,40)(H,32,33,35,36)/t19-/m1/s1. The summed E-state index contributed by atoms with van der Waals surface area (Å²) in [4.78, 5) is 32.8. The number of anilines is 3. The molecule has 0 spiro atoms. The molecule has 0 radical (unpaired) electrons. The highest BCUT2D eigenvalue weighted by atomic mass is 16.5. The second kappa shape index (κ2) is 12.1. The van der Waals surface area contributed by atoms with Gasteiger partial charge in [0.15, 0.2) is 5.82 Å². The fourth-order valence-electron chi connectivity index (χ4n) is 4.79. The topological polar surface area (TPSA) is 143 Å². The lowest BCUT2D eigenvalue weighted by Crippen LogP contribution is -2.43. The summed E-state index contributed by atoms with van der Waals surface area (Å²) >= 11 is 0.